The van der Waals surface area contributed by atoms with Crippen LogP contribution in [0.5, 0.6) is 0 Å². The zero-order valence-electron chi connectivity index (χ0n) is 10.3. The molecule has 0 saturated carbocycles. The smallest absolute Gasteiger partial charge is 0.253 e. The standard InChI is InChI=1S/C12H14ClF2NO3/c1-19-6-7(2-3-17)16-12(18)8-4-10(14)11(15)5-9(8)13/h4-5,7,17H,2-3,6H2,1H3,(H,16,18). The summed E-state index contributed by atoms with van der Waals surface area (Å²) in [6, 6.07) is 1.03. The average molecular weight is 294 g/mol. The first-order valence-electron chi connectivity index (χ1n) is 5.54. The molecular weight excluding hydrogens is 280 g/mol. The van der Waals surface area contributed by atoms with Crippen LogP contribution in [0.15, 0.2) is 12.1 Å². The van der Waals surface area contributed by atoms with Gasteiger partial charge in [-0.25, -0.2) is 8.78 Å². The largest absolute Gasteiger partial charge is 0.396 e. The minimum atomic E-state index is -1.15. The molecule has 106 valence electrons. The van der Waals surface area contributed by atoms with Gasteiger partial charge < -0.3 is 15.2 Å². The first kappa shape index (κ1) is 15.8. The van der Waals surface area contributed by atoms with Crippen molar-refractivity contribution >= 4 is 17.5 Å². The predicted octanol–water partition coefficient (Wildman–Crippen LogP) is 1.75. The summed E-state index contributed by atoms with van der Waals surface area (Å²) in [4.78, 5) is 11.9. The molecule has 0 spiro atoms. The molecule has 1 unspecified atom stereocenters. The molecule has 1 atom stereocenters. The Morgan fingerprint density at radius 2 is 2.11 bits per heavy atom. The number of carbonyl (C=O) groups excluding carboxylic acids is 1. The Morgan fingerprint density at radius 3 is 2.68 bits per heavy atom. The average Bonchev–Trinajstić information content (AvgIpc) is 2.34. The number of ether oxygens (including phenoxy) is 1. The Bertz CT molecular complexity index is 451. The lowest BCUT2D eigenvalue weighted by Gasteiger charge is -2.17. The van der Waals surface area contributed by atoms with E-state index in [0.29, 0.717) is 0 Å². The third-order valence-corrected chi connectivity index (χ3v) is 2.75. The van der Waals surface area contributed by atoms with Crippen molar-refractivity contribution in [2.45, 2.75) is 12.5 Å². The molecule has 0 bridgehead atoms. The highest BCUT2D eigenvalue weighted by Gasteiger charge is 2.18. The Hall–Kier alpha value is -1.24. The fourth-order valence-electron chi connectivity index (χ4n) is 1.51. The molecular formula is C12H14ClF2NO3. The fraction of sp³-hybridized carbons (Fsp3) is 0.417. The maximum atomic E-state index is 13.1. The second-order valence-electron chi connectivity index (χ2n) is 3.88. The molecule has 1 rings (SSSR count). The molecule has 1 aromatic carbocycles. The lowest BCUT2D eigenvalue weighted by Crippen LogP contribution is -2.38. The van der Waals surface area contributed by atoms with Gasteiger partial charge in [0.2, 0.25) is 0 Å². The number of nitrogens with one attached hydrogen (secondary N) is 1. The number of benzene rings is 1. The van der Waals surface area contributed by atoms with Crippen molar-refractivity contribution in [3.05, 3.63) is 34.4 Å². The van der Waals surface area contributed by atoms with Gasteiger partial charge in [-0.15, -0.1) is 0 Å². The summed E-state index contributed by atoms with van der Waals surface area (Å²) in [7, 11) is 1.45. The summed E-state index contributed by atoms with van der Waals surface area (Å²) in [6.45, 7) is 0.0490. The Labute approximate surface area is 114 Å². The fourth-order valence-corrected chi connectivity index (χ4v) is 1.75. The monoisotopic (exact) mass is 293 g/mol. The van der Waals surface area contributed by atoms with Gasteiger partial charge >= 0.3 is 0 Å². The van der Waals surface area contributed by atoms with E-state index >= 15 is 0 Å². The van der Waals surface area contributed by atoms with Crippen LogP contribution in [-0.2, 0) is 4.74 Å². The Balaban J connectivity index is 2.84. The van der Waals surface area contributed by atoms with Crippen LogP contribution in [-0.4, -0.2) is 37.4 Å². The normalized spacial score (nSPS) is 12.3. The maximum Gasteiger partial charge on any atom is 0.253 e. The molecule has 7 heteroatoms. The van der Waals surface area contributed by atoms with Crippen LogP contribution in [0.3, 0.4) is 0 Å². The van der Waals surface area contributed by atoms with Crippen LogP contribution in [0.1, 0.15) is 16.8 Å². The van der Waals surface area contributed by atoms with Crippen molar-refractivity contribution < 1.29 is 23.4 Å². The first-order chi connectivity index (χ1) is 8.99. The van der Waals surface area contributed by atoms with E-state index in [4.69, 9.17) is 21.4 Å². The number of amides is 1. The summed E-state index contributed by atoms with van der Waals surface area (Å²) in [5, 5.41) is 11.2. The summed E-state index contributed by atoms with van der Waals surface area (Å²) in [5.41, 5.74) is -0.167. The van der Waals surface area contributed by atoms with Gasteiger partial charge in [-0.05, 0) is 18.6 Å². The number of carbonyl (C=O) groups is 1. The highest BCUT2D eigenvalue weighted by molar-refractivity contribution is 6.33. The number of hydrogen-bond donors (Lipinski definition) is 2. The van der Waals surface area contributed by atoms with Crippen molar-refractivity contribution in [3.8, 4) is 0 Å². The zero-order chi connectivity index (χ0) is 14.4. The number of aliphatic hydroxyl groups is 1. The van der Waals surface area contributed by atoms with Crippen LogP contribution in [0, 0.1) is 11.6 Å². The summed E-state index contributed by atoms with van der Waals surface area (Å²) in [5.74, 6) is -2.93. The van der Waals surface area contributed by atoms with Gasteiger partial charge in [-0.3, -0.25) is 4.79 Å². The molecule has 0 aliphatic rings. The van der Waals surface area contributed by atoms with Gasteiger partial charge in [-0.2, -0.15) is 0 Å². The zero-order valence-corrected chi connectivity index (χ0v) is 11.0. The molecule has 1 aromatic rings. The Kier molecular flexibility index (Phi) is 6.14. The number of halogens is 3. The van der Waals surface area contributed by atoms with E-state index in [9.17, 15) is 13.6 Å². The molecule has 4 nitrogen and oxygen atoms in total. The molecule has 0 aliphatic heterocycles. The molecule has 0 aliphatic carbocycles. The number of aliphatic hydroxyl groups excluding tert-OH is 1. The molecule has 0 saturated heterocycles. The number of rotatable bonds is 6. The van der Waals surface area contributed by atoms with Gasteiger partial charge in [0.1, 0.15) is 0 Å². The third kappa shape index (κ3) is 4.41. The molecule has 0 radical (unpaired) electrons. The lowest BCUT2D eigenvalue weighted by atomic mass is 10.1. The van der Waals surface area contributed by atoms with E-state index in [-0.39, 0.29) is 30.2 Å². The molecule has 19 heavy (non-hydrogen) atoms. The molecule has 1 amide bonds. The van der Waals surface area contributed by atoms with E-state index in [1.54, 1.807) is 0 Å². The maximum absolute atomic E-state index is 13.1. The van der Waals surface area contributed by atoms with E-state index < -0.39 is 23.6 Å². The predicted molar refractivity (Wildman–Crippen MR) is 66.2 cm³/mol. The Morgan fingerprint density at radius 1 is 1.47 bits per heavy atom. The molecule has 0 fully saturated rings. The third-order valence-electron chi connectivity index (χ3n) is 2.44. The van der Waals surface area contributed by atoms with Crippen molar-refractivity contribution in [1.82, 2.24) is 5.32 Å². The topological polar surface area (TPSA) is 58.6 Å². The van der Waals surface area contributed by atoms with Gasteiger partial charge in [0, 0.05) is 13.7 Å². The first-order valence-corrected chi connectivity index (χ1v) is 5.92. The van der Waals surface area contributed by atoms with Crippen molar-refractivity contribution in [2.75, 3.05) is 20.3 Å². The second-order valence-corrected chi connectivity index (χ2v) is 4.29. The van der Waals surface area contributed by atoms with E-state index in [2.05, 4.69) is 5.32 Å². The minimum Gasteiger partial charge on any atom is -0.396 e. The van der Waals surface area contributed by atoms with Crippen LogP contribution in [0.2, 0.25) is 5.02 Å². The van der Waals surface area contributed by atoms with E-state index in [1.165, 1.54) is 7.11 Å². The van der Waals surface area contributed by atoms with Gasteiger partial charge in [0.05, 0.1) is 23.2 Å². The number of hydrogen-bond acceptors (Lipinski definition) is 3. The van der Waals surface area contributed by atoms with Gasteiger partial charge in [-0.1, -0.05) is 11.6 Å². The summed E-state index contributed by atoms with van der Waals surface area (Å²) in [6.07, 6.45) is 0.279. The lowest BCUT2D eigenvalue weighted by molar-refractivity contribution is 0.0878. The van der Waals surface area contributed by atoms with Gasteiger partial charge in [0.25, 0.3) is 5.91 Å². The number of methoxy groups -OCH3 is 1. The van der Waals surface area contributed by atoms with Crippen molar-refractivity contribution in [3.63, 3.8) is 0 Å². The summed E-state index contributed by atoms with van der Waals surface area (Å²) >= 11 is 5.69. The SMILES string of the molecule is COCC(CCO)NC(=O)c1cc(F)c(F)cc1Cl. The van der Waals surface area contributed by atoms with Crippen molar-refractivity contribution in [1.29, 1.82) is 0 Å². The van der Waals surface area contributed by atoms with Crippen LogP contribution in [0.25, 0.3) is 0 Å². The van der Waals surface area contributed by atoms with Gasteiger partial charge in [0.15, 0.2) is 11.6 Å². The second kappa shape index (κ2) is 7.37. The summed E-state index contributed by atoms with van der Waals surface area (Å²) < 4.78 is 30.8. The highest BCUT2D eigenvalue weighted by atomic mass is 35.5. The van der Waals surface area contributed by atoms with Crippen molar-refractivity contribution in [2.24, 2.45) is 0 Å². The molecule has 2 N–H and O–H groups in total. The minimum absolute atomic E-state index is 0.139. The quantitative estimate of drug-likeness (QED) is 0.786. The van der Waals surface area contributed by atoms with Crippen LogP contribution < -0.4 is 5.32 Å². The van der Waals surface area contributed by atoms with Crippen LogP contribution >= 0.6 is 11.6 Å². The molecule has 0 heterocycles. The van der Waals surface area contributed by atoms with E-state index in [0.717, 1.165) is 12.1 Å². The highest BCUT2D eigenvalue weighted by Crippen LogP contribution is 2.20. The molecule has 0 aromatic heterocycles. The van der Waals surface area contributed by atoms with E-state index in [1.807, 2.05) is 0 Å². The van der Waals surface area contributed by atoms with Crippen LogP contribution in [0.4, 0.5) is 8.78 Å².